The summed E-state index contributed by atoms with van der Waals surface area (Å²) in [7, 11) is 3.30. The van der Waals surface area contributed by atoms with Gasteiger partial charge in [-0.25, -0.2) is 0 Å². The van der Waals surface area contributed by atoms with Crippen LogP contribution in [-0.4, -0.2) is 45.5 Å². The first-order chi connectivity index (χ1) is 15.8. The van der Waals surface area contributed by atoms with Gasteiger partial charge in [-0.3, -0.25) is 4.79 Å². The molecule has 8 nitrogen and oxygen atoms in total. The van der Waals surface area contributed by atoms with E-state index in [-0.39, 0.29) is 35.9 Å². The Morgan fingerprint density at radius 1 is 1.18 bits per heavy atom. The maximum atomic E-state index is 12.3. The third-order valence-electron chi connectivity index (χ3n) is 6.45. The summed E-state index contributed by atoms with van der Waals surface area (Å²) in [6.07, 6.45) is 2.48. The summed E-state index contributed by atoms with van der Waals surface area (Å²) in [4.78, 5) is 15.3. The minimum absolute atomic E-state index is 0.136. The quantitative estimate of drug-likeness (QED) is 0.118. The lowest BCUT2D eigenvalue weighted by Crippen LogP contribution is -2.29. The van der Waals surface area contributed by atoms with Gasteiger partial charge in [-0.2, -0.15) is 0 Å². The monoisotopic (exact) mass is 461 g/mol. The maximum Gasteiger partial charge on any atom is 0.309 e. The number of cyclic esters (lactones) is 1. The van der Waals surface area contributed by atoms with Crippen LogP contribution in [0.2, 0.25) is 0 Å². The van der Waals surface area contributed by atoms with Crippen LogP contribution in [0.1, 0.15) is 52.5 Å². The number of hydrogen-bond acceptors (Lipinski definition) is 6. The molecule has 4 atom stereocenters. The summed E-state index contributed by atoms with van der Waals surface area (Å²) >= 11 is 0. The minimum atomic E-state index is -0.377. The average Bonchev–Trinajstić information content (AvgIpc) is 3.17. The lowest BCUT2D eigenvalue weighted by molar-refractivity contribution is -0.145. The molecule has 1 aromatic carbocycles. The van der Waals surface area contributed by atoms with Crippen LogP contribution in [0.15, 0.2) is 23.3 Å². The number of benzene rings is 1. The molecular formula is C25H39N3O5. The summed E-state index contributed by atoms with van der Waals surface area (Å²) < 4.78 is 22.1. The van der Waals surface area contributed by atoms with Gasteiger partial charge in [-0.05, 0) is 60.2 Å². The topological polar surface area (TPSA) is 103 Å². The van der Waals surface area contributed by atoms with Crippen molar-refractivity contribution < 1.29 is 23.7 Å². The van der Waals surface area contributed by atoms with Gasteiger partial charge in [0.15, 0.2) is 11.5 Å². The molecule has 1 heterocycles. The molecule has 1 saturated heterocycles. The number of esters is 1. The zero-order valence-electron chi connectivity index (χ0n) is 20.8. The fourth-order valence-electron chi connectivity index (χ4n) is 4.30. The van der Waals surface area contributed by atoms with E-state index in [1.165, 1.54) is 0 Å². The van der Waals surface area contributed by atoms with E-state index in [1.54, 1.807) is 14.2 Å². The highest BCUT2D eigenvalue weighted by atomic mass is 16.6. The van der Waals surface area contributed by atoms with Crippen LogP contribution in [0.5, 0.6) is 11.5 Å². The number of carbonyl (C=O) groups excluding carboxylic acids is 1. The SMILES string of the molecule is COCCCOc1cc(C[C@@H](C[C@H](N=[N+]=[N-])[C@@H]2C[C@@H](C(C)C)C(=O)O2)C(C)C)ccc1OC. The van der Waals surface area contributed by atoms with Gasteiger partial charge in [0.25, 0.3) is 0 Å². The number of nitrogens with zero attached hydrogens (tertiary/aromatic N) is 3. The van der Waals surface area contributed by atoms with Gasteiger partial charge in [0.1, 0.15) is 6.10 Å². The first kappa shape index (κ1) is 26.8. The molecule has 0 radical (unpaired) electrons. The highest BCUT2D eigenvalue weighted by Crippen LogP contribution is 2.35. The van der Waals surface area contributed by atoms with Crippen LogP contribution < -0.4 is 9.47 Å². The van der Waals surface area contributed by atoms with Crippen LogP contribution in [-0.2, 0) is 20.7 Å². The molecule has 1 aliphatic rings. The Bertz CT molecular complexity index is 807. The summed E-state index contributed by atoms with van der Waals surface area (Å²) in [6, 6.07) is 5.62. The van der Waals surface area contributed by atoms with Crippen LogP contribution >= 0.6 is 0 Å². The Morgan fingerprint density at radius 2 is 1.94 bits per heavy atom. The molecule has 1 fully saturated rings. The number of hydrogen-bond donors (Lipinski definition) is 0. The predicted molar refractivity (Wildman–Crippen MR) is 127 cm³/mol. The zero-order chi connectivity index (χ0) is 24.4. The first-order valence-corrected chi connectivity index (χ1v) is 11.8. The Hall–Kier alpha value is -2.44. The molecule has 2 rings (SSSR count). The second-order valence-electron chi connectivity index (χ2n) is 9.46. The number of carbonyl (C=O) groups is 1. The molecule has 1 aliphatic heterocycles. The second-order valence-corrected chi connectivity index (χ2v) is 9.46. The van der Waals surface area contributed by atoms with Crippen molar-refractivity contribution in [1.29, 1.82) is 0 Å². The first-order valence-electron chi connectivity index (χ1n) is 11.8. The molecule has 184 valence electrons. The second kappa shape index (κ2) is 13.3. The van der Waals surface area contributed by atoms with E-state index in [1.807, 2.05) is 32.0 Å². The highest BCUT2D eigenvalue weighted by molar-refractivity contribution is 5.75. The van der Waals surface area contributed by atoms with Crippen molar-refractivity contribution in [3.8, 4) is 11.5 Å². The van der Waals surface area contributed by atoms with Crippen molar-refractivity contribution in [1.82, 2.24) is 0 Å². The highest BCUT2D eigenvalue weighted by Gasteiger charge is 2.40. The molecule has 33 heavy (non-hydrogen) atoms. The third kappa shape index (κ3) is 7.83. The van der Waals surface area contributed by atoms with Crippen molar-refractivity contribution in [3.63, 3.8) is 0 Å². The van der Waals surface area contributed by atoms with Gasteiger partial charge in [0.2, 0.25) is 0 Å². The van der Waals surface area contributed by atoms with Crippen LogP contribution in [0.4, 0.5) is 0 Å². The molecule has 0 aliphatic carbocycles. The Morgan fingerprint density at radius 3 is 2.52 bits per heavy atom. The van der Waals surface area contributed by atoms with Crippen LogP contribution in [0, 0.1) is 23.7 Å². The Kier molecular flexibility index (Phi) is 10.8. The van der Waals surface area contributed by atoms with E-state index in [2.05, 4.69) is 23.9 Å². The van der Waals surface area contributed by atoms with Crippen LogP contribution in [0.3, 0.4) is 0 Å². The average molecular weight is 462 g/mol. The van der Waals surface area contributed by atoms with Gasteiger partial charge >= 0.3 is 5.97 Å². The van der Waals surface area contributed by atoms with E-state index in [9.17, 15) is 10.3 Å². The van der Waals surface area contributed by atoms with E-state index in [0.717, 1.165) is 18.4 Å². The predicted octanol–water partition coefficient (Wildman–Crippen LogP) is 5.58. The van der Waals surface area contributed by atoms with Crippen molar-refractivity contribution in [3.05, 3.63) is 34.2 Å². The fraction of sp³-hybridized carbons (Fsp3) is 0.720. The van der Waals surface area contributed by atoms with Crippen molar-refractivity contribution in [2.45, 2.75) is 65.5 Å². The molecule has 0 bridgehead atoms. The smallest absolute Gasteiger partial charge is 0.309 e. The Labute approximate surface area is 197 Å². The fourth-order valence-corrected chi connectivity index (χ4v) is 4.30. The largest absolute Gasteiger partial charge is 0.493 e. The summed E-state index contributed by atoms with van der Waals surface area (Å²) in [5, 5.41) is 4.05. The Balaban J connectivity index is 2.14. The van der Waals surface area contributed by atoms with E-state index >= 15 is 0 Å². The van der Waals surface area contributed by atoms with Gasteiger partial charge < -0.3 is 18.9 Å². The standard InChI is InChI=1S/C25H39N3O5/c1-16(2)19(14-21(27-28-26)23-15-20(17(3)4)25(29)33-23)12-18-8-9-22(31-6)24(13-18)32-11-7-10-30-5/h8-9,13,16-17,19-21,23H,7,10-12,14-15H2,1-6H3/t19-,20-,21-,23-/m0/s1. The van der Waals surface area contributed by atoms with Gasteiger partial charge in [-0.15, -0.1) is 0 Å². The molecule has 0 unspecified atom stereocenters. The zero-order valence-corrected chi connectivity index (χ0v) is 20.8. The van der Waals surface area contributed by atoms with Crippen LogP contribution in [0.25, 0.3) is 10.4 Å². The molecule has 1 aromatic rings. The molecule has 0 saturated carbocycles. The van der Waals surface area contributed by atoms with Gasteiger partial charge in [-0.1, -0.05) is 38.9 Å². The van der Waals surface area contributed by atoms with Gasteiger partial charge in [0, 0.05) is 25.0 Å². The normalized spacial score (nSPS) is 19.8. The molecular weight excluding hydrogens is 422 g/mol. The molecule has 0 aromatic heterocycles. The number of azide groups is 1. The summed E-state index contributed by atoms with van der Waals surface area (Å²) in [5.74, 6) is 1.89. The number of methoxy groups -OCH3 is 2. The van der Waals surface area contributed by atoms with E-state index < -0.39 is 0 Å². The lowest BCUT2D eigenvalue weighted by atomic mass is 9.82. The van der Waals surface area contributed by atoms with Crippen molar-refractivity contribution in [2.24, 2.45) is 28.8 Å². The van der Waals surface area contributed by atoms with Crippen molar-refractivity contribution >= 4 is 5.97 Å². The third-order valence-corrected chi connectivity index (χ3v) is 6.45. The number of ether oxygens (including phenoxy) is 4. The summed E-state index contributed by atoms with van der Waals surface area (Å²) in [6.45, 7) is 9.56. The van der Waals surface area contributed by atoms with Gasteiger partial charge in [0.05, 0.1) is 25.7 Å². The molecule has 0 N–H and O–H groups in total. The minimum Gasteiger partial charge on any atom is -0.493 e. The van der Waals surface area contributed by atoms with E-state index in [4.69, 9.17) is 18.9 Å². The molecule has 0 spiro atoms. The summed E-state index contributed by atoms with van der Waals surface area (Å²) in [5.41, 5.74) is 10.3. The maximum absolute atomic E-state index is 12.3. The van der Waals surface area contributed by atoms with E-state index in [0.29, 0.717) is 43.5 Å². The van der Waals surface area contributed by atoms with Crippen molar-refractivity contribution in [2.75, 3.05) is 27.4 Å². The lowest BCUT2D eigenvalue weighted by Gasteiger charge is -2.27. The molecule has 8 heteroatoms. The molecule has 0 amide bonds. The number of rotatable bonds is 14.